The third-order valence-corrected chi connectivity index (χ3v) is 9.14. The van der Waals surface area contributed by atoms with E-state index in [4.69, 9.17) is 9.47 Å². The van der Waals surface area contributed by atoms with Gasteiger partial charge in [0.25, 0.3) is 6.71 Å². The Labute approximate surface area is 214 Å². The predicted octanol–water partition coefficient (Wildman–Crippen LogP) is 5.03. The number of anilines is 3. The van der Waals surface area contributed by atoms with Crippen molar-refractivity contribution in [2.24, 2.45) is 0 Å². The van der Waals surface area contributed by atoms with Gasteiger partial charge in [-0.2, -0.15) is 0 Å². The molecule has 0 amide bonds. The highest BCUT2D eigenvalue weighted by molar-refractivity contribution is 7.91. The standard InChI is InChI=1S/C30H18BNO4S/c33-37(34,20-7-2-1-3-8-20)21-17-15-19(16-18-21)32-22-9-4-11-24-28(22)31-29-23(32)10-5-12-25(29)36-27-14-6-13-26(35-24)30(27)31/h1-18H. The first-order valence-corrected chi connectivity index (χ1v) is 13.5. The Kier molecular flexibility index (Phi) is 4.07. The minimum absolute atomic E-state index is 0.0000756. The van der Waals surface area contributed by atoms with E-state index in [1.807, 2.05) is 60.7 Å². The van der Waals surface area contributed by atoms with Gasteiger partial charge in [0.05, 0.1) is 9.79 Å². The van der Waals surface area contributed by atoms with Crippen LogP contribution in [0.3, 0.4) is 0 Å². The molecule has 5 aromatic rings. The van der Waals surface area contributed by atoms with E-state index in [0.717, 1.165) is 56.4 Å². The van der Waals surface area contributed by atoms with Gasteiger partial charge in [0.1, 0.15) is 23.0 Å². The first-order chi connectivity index (χ1) is 18.1. The van der Waals surface area contributed by atoms with E-state index in [1.165, 1.54) is 0 Å². The van der Waals surface area contributed by atoms with Gasteiger partial charge in [-0.25, -0.2) is 8.42 Å². The molecule has 5 aromatic carbocycles. The van der Waals surface area contributed by atoms with Crippen molar-refractivity contribution in [1.82, 2.24) is 0 Å². The van der Waals surface area contributed by atoms with Crippen molar-refractivity contribution < 1.29 is 17.9 Å². The Morgan fingerprint density at radius 3 is 1.57 bits per heavy atom. The third-order valence-electron chi connectivity index (χ3n) is 7.36. The van der Waals surface area contributed by atoms with Crippen LogP contribution in [0.2, 0.25) is 0 Å². The van der Waals surface area contributed by atoms with Crippen molar-refractivity contribution in [3.8, 4) is 23.0 Å². The molecule has 7 heteroatoms. The molecule has 176 valence electrons. The Balaban J connectivity index is 1.32. The Morgan fingerprint density at radius 2 is 1.00 bits per heavy atom. The lowest BCUT2D eigenvalue weighted by molar-refractivity contribution is 0.464. The fraction of sp³-hybridized carbons (Fsp3) is 0. The molecule has 3 aliphatic heterocycles. The van der Waals surface area contributed by atoms with E-state index in [2.05, 4.69) is 17.0 Å². The van der Waals surface area contributed by atoms with Crippen molar-refractivity contribution in [1.29, 1.82) is 0 Å². The molecular formula is C30H18BNO4S. The Bertz CT molecular complexity index is 1780. The summed E-state index contributed by atoms with van der Waals surface area (Å²) in [4.78, 5) is 2.70. The fourth-order valence-electron chi connectivity index (χ4n) is 5.79. The van der Waals surface area contributed by atoms with Crippen LogP contribution in [0.5, 0.6) is 23.0 Å². The molecule has 37 heavy (non-hydrogen) atoms. The number of rotatable bonds is 3. The van der Waals surface area contributed by atoms with Gasteiger partial charge in [-0.15, -0.1) is 0 Å². The predicted molar refractivity (Wildman–Crippen MR) is 144 cm³/mol. The summed E-state index contributed by atoms with van der Waals surface area (Å²) in [6, 6.07) is 33.7. The Morgan fingerprint density at radius 1 is 0.514 bits per heavy atom. The maximum absolute atomic E-state index is 13.2. The number of benzene rings is 5. The third kappa shape index (κ3) is 2.77. The monoisotopic (exact) mass is 499 g/mol. The molecule has 0 aromatic heterocycles. The summed E-state index contributed by atoms with van der Waals surface area (Å²) in [6.07, 6.45) is 0. The second kappa shape index (κ2) is 7.27. The Hall–Kier alpha value is -4.49. The lowest BCUT2D eigenvalue weighted by Gasteiger charge is -2.42. The summed E-state index contributed by atoms with van der Waals surface area (Å²) in [6.45, 7) is 0.0000756. The molecule has 0 aliphatic carbocycles. The van der Waals surface area contributed by atoms with E-state index in [1.54, 1.807) is 36.4 Å². The van der Waals surface area contributed by atoms with E-state index in [0.29, 0.717) is 0 Å². The van der Waals surface area contributed by atoms with Crippen LogP contribution in [0.1, 0.15) is 0 Å². The topological polar surface area (TPSA) is 55.8 Å². The average molecular weight is 499 g/mol. The SMILES string of the molecule is O=S(=O)(c1ccccc1)c1ccc(N2c3cccc4c3B3c5c(cccc5Oc5cccc2c53)O4)cc1. The molecule has 0 atom stereocenters. The number of ether oxygens (including phenoxy) is 2. The van der Waals surface area contributed by atoms with Crippen LogP contribution >= 0.6 is 0 Å². The average Bonchev–Trinajstić information content (AvgIpc) is 2.94. The highest BCUT2D eigenvalue weighted by Crippen LogP contribution is 2.45. The van der Waals surface area contributed by atoms with Crippen molar-refractivity contribution in [3.63, 3.8) is 0 Å². The molecule has 3 heterocycles. The zero-order valence-corrected chi connectivity index (χ0v) is 20.3. The van der Waals surface area contributed by atoms with E-state index >= 15 is 0 Å². The van der Waals surface area contributed by atoms with Gasteiger partial charge < -0.3 is 14.4 Å². The summed E-state index contributed by atoms with van der Waals surface area (Å²) in [5, 5.41) is 0. The number of sulfone groups is 1. The molecule has 0 N–H and O–H groups in total. The van der Waals surface area contributed by atoms with Crippen LogP contribution in [0.4, 0.5) is 17.1 Å². The molecule has 5 nitrogen and oxygen atoms in total. The van der Waals surface area contributed by atoms with E-state index in [-0.39, 0.29) is 16.5 Å². The van der Waals surface area contributed by atoms with Gasteiger partial charge >= 0.3 is 0 Å². The van der Waals surface area contributed by atoms with Crippen LogP contribution in [-0.2, 0) is 9.84 Å². The van der Waals surface area contributed by atoms with Crippen molar-refractivity contribution in [2.75, 3.05) is 4.90 Å². The minimum atomic E-state index is -3.61. The second-order valence-corrected chi connectivity index (χ2v) is 11.3. The van der Waals surface area contributed by atoms with Crippen LogP contribution < -0.4 is 30.8 Å². The van der Waals surface area contributed by atoms with Crippen LogP contribution in [-0.4, -0.2) is 15.1 Å². The zero-order valence-electron chi connectivity index (χ0n) is 19.5. The lowest BCUT2D eigenvalue weighted by Crippen LogP contribution is -2.61. The fourth-order valence-corrected chi connectivity index (χ4v) is 7.07. The molecule has 0 saturated carbocycles. The maximum atomic E-state index is 13.2. The molecule has 0 spiro atoms. The molecule has 3 aliphatic rings. The zero-order chi connectivity index (χ0) is 24.7. The molecule has 8 rings (SSSR count). The molecule has 0 bridgehead atoms. The molecule has 0 fully saturated rings. The van der Waals surface area contributed by atoms with Gasteiger partial charge in [-0.3, -0.25) is 0 Å². The van der Waals surface area contributed by atoms with Crippen LogP contribution in [0.25, 0.3) is 0 Å². The molecule has 0 saturated heterocycles. The van der Waals surface area contributed by atoms with Crippen molar-refractivity contribution >= 4 is 50.0 Å². The normalized spacial score (nSPS) is 13.9. The molecule has 0 radical (unpaired) electrons. The van der Waals surface area contributed by atoms with E-state index < -0.39 is 9.84 Å². The smallest absolute Gasteiger partial charge is 0.266 e. The summed E-state index contributed by atoms with van der Waals surface area (Å²) < 4.78 is 39.1. The number of hydrogen-bond acceptors (Lipinski definition) is 5. The van der Waals surface area contributed by atoms with Crippen LogP contribution in [0.15, 0.2) is 119 Å². The quantitative estimate of drug-likeness (QED) is 0.319. The van der Waals surface area contributed by atoms with Gasteiger partial charge in [0.2, 0.25) is 9.84 Å². The van der Waals surface area contributed by atoms with Gasteiger partial charge in [0, 0.05) is 22.5 Å². The van der Waals surface area contributed by atoms with Gasteiger partial charge in [-0.05, 0) is 83.7 Å². The molecular weight excluding hydrogens is 481 g/mol. The summed E-state index contributed by atoms with van der Waals surface area (Å²) in [7, 11) is -3.61. The first-order valence-electron chi connectivity index (χ1n) is 12.1. The molecule has 0 unspecified atom stereocenters. The minimum Gasteiger partial charge on any atom is -0.458 e. The maximum Gasteiger partial charge on any atom is 0.266 e. The van der Waals surface area contributed by atoms with Crippen LogP contribution in [0, 0.1) is 0 Å². The van der Waals surface area contributed by atoms with Gasteiger partial charge in [-0.1, -0.05) is 36.4 Å². The van der Waals surface area contributed by atoms with E-state index in [9.17, 15) is 8.42 Å². The lowest BCUT2D eigenvalue weighted by atomic mass is 9.33. The number of nitrogens with zero attached hydrogens (tertiary/aromatic N) is 1. The second-order valence-electron chi connectivity index (χ2n) is 9.33. The largest absolute Gasteiger partial charge is 0.458 e. The summed E-state index contributed by atoms with van der Waals surface area (Å²) in [5.41, 5.74) is 6.10. The summed E-state index contributed by atoms with van der Waals surface area (Å²) in [5.74, 6) is 3.28. The van der Waals surface area contributed by atoms with Crippen molar-refractivity contribution in [2.45, 2.75) is 9.79 Å². The number of hydrogen-bond donors (Lipinski definition) is 0. The highest BCUT2D eigenvalue weighted by Gasteiger charge is 2.47. The van der Waals surface area contributed by atoms with Gasteiger partial charge in [0.15, 0.2) is 0 Å². The first kappa shape index (κ1) is 20.7. The highest BCUT2D eigenvalue weighted by atomic mass is 32.2. The van der Waals surface area contributed by atoms with Crippen molar-refractivity contribution in [3.05, 3.63) is 109 Å². The summed E-state index contributed by atoms with van der Waals surface area (Å²) >= 11 is 0.